The number of unbranched alkanes of at least 4 members (excludes halogenated alkanes) is 2. The summed E-state index contributed by atoms with van der Waals surface area (Å²) in [5.41, 5.74) is 0. The monoisotopic (exact) mass is 330 g/mol. The second kappa shape index (κ2) is 10.6. The highest BCUT2D eigenvalue weighted by atomic mass is 16.7. The van der Waals surface area contributed by atoms with Gasteiger partial charge in [0.25, 0.3) is 0 Å². The minimum absolute atomic E-state index is 0.287. The molecule has 0 spiro atoms. The lowest BCUT2D eigenvalue weighted by Crippen LogP contribution is -2.40. The lowest BCUT2D eigenvalue weighted by atomic mass is 10.1. The third-order valence-corrected chi connectivity index (χ3v) is 3.91. The molecule has 0 amide bonds. The van der Waals surface area contributed by atoms with Crippen molar-refractivity contribution >= 4 is 11.9 Å². The van der Waals surface area contributed by atoms with E-state index in [1.54, 1.807) is 0 Å². The van der Waals surface area contributed by atoms with E-state index in [2.05, 4.69) is 0 Å². The number of ether oxygens (including phenoxy) is 4. The molecule has 0 aliphatic carbocycles. The number of methoxy groups -OCH3 is 1. The molecule has 0 N–H and O–H groups in total. The van der Waals surface area contributed by atoms with Crippen LogP contribution in [-0.4, -0.2) is 43.7 Å². The van der Waals surface area contributed by atoms with Gasteiger partial charge in [0.05, 0.1) is 0 Å². The third-order valence-electron chi connectivity index (χ3n) is 3.91. The zero-order valence-electron chi connectivity index (χ0n) is 14.7. The number of carbonyl (C=O) groups excluding carboxylic acids is 2. The number of esters is 2. The van der Waals surface area contributed by atoms with E-state index in [0.29, 0.717) is 19.3 Å². The lowest BCUT2D eigenvalue weighted by Gasteiger charge is -2.23. The van der Waals surface area contributed by atoms with Crippen LogP contribution < -0.4 is 0 Å². The van der Waals surface area contributed by atoms with Crippen LogP contribution in [0.15, 0.2) is 0 Å². The normalized spacial score (nSPS) is 27.0. The van der Waals surface area contributed by atoms with E-state index in [0.717, 1.165) is 25.7 Å². The largest absolute Gasteiger partial charge is 0.455 e. The van der Waals surface area contributed by atoms with Gasteiger partial charge in [-0.3, -0.25) is 9.59 Å². The van der Waals surface area contributed by atoms with Gasteiger partial charge in [0.15, 0.2) is 18.5 Å². The van der Waals surface area contributed by atoms with Crippen LogP contribution in [-0.2, 0) is 28.5 Å². The molecule has 1 rings (SSSR count). The van der Waals surface area contributed by atoms with Gasteiger partial charge in [-0.1, -0.05) is 33.6 Å². The van der Waals surface area contributed by atoms with Gasteiger partial charge < -0.3 is 18.9 Å². The van der Waals surface area contributed by atoms with Crippen molar-refractivity contribution in [1.82, 2.24) is 0 Å². The summed E-state index contributed by atoms with van der Waals surface area (Å²) >= 11 is 0. The van der Waals surface area contributed by atoms with Crippen molar-refractivity contribution in [3.8, 4) is 0 Å². The van der Waals surface area contributed by atoms with Crippen LogP contribution in [0.5, 0.6) is 0 Å². The van der Waals surface area contributed by atoms with Crippen molar-refractivity contribution < 1.29 is 28.5 Å². The Balaban J connectivity index is 2.73. The Morgan fingerprint density at radius 3 is 1.87 bits per heavy atom. The topological polar surface area (TPSA) is 71.1 Å². The van der Waals surface area contributed by atoms with E-state index >= 15 is 0 Å². The second-order valence-electron chi connectivity index (χ2n) is 5.80. The van der Waals surface area contributed by atoms with Crippen molar-refractivity contribution in [2.24, 2.45) is 0 Å². The molecule has 0 aromatic carbocycles. The summed E-state index contributed by atoms with van der Waals surface area (Å²) in [7, 11) is 1.49. The highest BCUT2D eigenvalue weighted by molar-refractivity contribution is 5.70. The fourth-order valence-corrected chi connectivity index (χ4v) is 2.54. The van der Waals surface area contributed by atoms with Crippen LogP contribution in [0, 0.1) is 0 Å². The number of hydrogen-bond donors (Lipinski definition) is 0. The van der Waals surface area contributed by atoms with Crippen LogP contribution in [0.4, 0.5) is 0 Å². The van der Waals surface area contributed by atoms with Crippen molar-refractivity contribution in [2.75, 3.05) is 7.11 Å². The fourth-order valence-electron chi connectivity index (χ4n) is 2.54. The molecule has 134 valence electrons. The highest BCUT2D eigenvalue weighted by Gasteiger charge is 2.49. The molecular formula is C17H30O6. The summed E-state index contributed by atoms with van der Waals surface area (Å²) in [6.07, 6.45) is 2.38. The zero-order valence-corrected chi connectivity index (χ0v) is 14.7. The number of carbonyl (C=O) groups is 2. The molecule has 0 aromatic heterocycles. The van der Waals surface area contributed by atoms with Gasteiger partial charge in [-0.05, 0) is 19.3 Å². The first-order chi connectivity index (χ1) is 11.1. The molecule has 0 bridgehead atoms. The molecule has 23 heavy (non-hydrogen) atoms. The molecule has 2 unspecified atom stereocenters. The Labute approximate surface area is 138 Å². The van der Waals surface area contributed by atoms with E-state index in [1.165, 1.54) is 7.11 Å². The van der Waals surface area contributed by atoms with Crippen LogP contribution in [0.1, 0.15) is 65.7 Å². The Bertz CT molecular complexity index is 336. The summed E-state index contributed by atoms with van der Waals surface area (Å²) in [5.74, 6) is -0.598. The predicted molar refractivity (Wildman–Crippen MR) is 84.8 cm³/mol. The maximum Gasteiger partial charge on any atom is 0.306 e. The average molecular weight is 330 g/mol. The lowest BCUT2D eigenvalue weighted by molar-refractivity contribution is -0.182. The Morgan fingerprint density at radius 1 is 0.913 bits per heavy atom. The third kappa shape index (κ3) is 6.11. The molecule has 1 aliphatic rings. The van der Waals surface area contributed by atoms with Crippen LogP contribution in [0.3, 0.4) is 0 Å². The van der Waals surface area contributed by atoms with Gasteiger partial charge in [0, 0.05) is 20.0 Å². The van der Waals surface area contributed by atoms with E-state index in [9.17, 15) is 9.59 Å². The highest BCUT2D eigenvalue weighted by Crippen LogP contribution is 2.30. The average Bonchev–Trinajstić information content (AvgIpc) is 2.87. The molecule has 1 heterocycles. The van der Waals surface area contributed by atoms with Crippen LogP contribution in [0.25, 0.3) is 0 Å². The summed E-state index contributed by atoms with van der Waals surface area (Å²) in [6, 6.07) is 0. The van der Waals surface area contributed by atoms with E-state index in [-0.39, 0.29) is 18.0 Å². The zero-order chi connectivity index (χ0) is 17.2. The van der Waals surface area contributed by atoms with Gasteiger partial charge in [-0.15, -0.1) is 0 Å². The maximum absolute atomic E-state index is 12.0. The van der Waals surface area contributed by atoms with Crippen molar-refractivity contribution in [1.29, 1.82) is 0 Å². The van der Waals surface area contributed by atoms with E-state index in [4.69, 9.17) is 18.9 Å². The van der Waals surface area contributed by atoms with Gasteiger partial charge >= 0.3 is 11.9 Å². The van der Waals surface area contributed by atoms with Gasteiger partial charge in [0.1, 0.15) is 6.10 Å². The molecule has 1 saturated heterocycles. The summed E-state index contributed by atoms with van der Waals surface area (Å²) in [5, 5.41) is 0. The SMILES string of the molecule is CCCCC(=O)O[C@@H]1C(CC)OC(OC)[C@@H]1OC(=O)CCCC. The molecule has 6 nitrogen and oxygen atoms in total. The number of rotatable bonds is 10. The predicted octanol–water partition coefficient (Wildman–Crippen LogP) is 2.97. The summed E-state index contributed by atoms with van der Waals surface area (Å²) < 4.78 is 22.0. The minimum atomic E-state index is -0.708. The molecule has 6 heteroatoms. The first-order valence-corrected chi connectivity index (χ1v) is 8.64. The van der Waals surface area contributed by atoms with Crippen molar-refractivity contribution in [3.63, 3.8) is 0 Å². The fraction of sp³-hybridized carbons (Fsp3) is 0.882. The maximum atomic E-state index is 12.0. The molecular weight excluding hydrogens is 300 g/mol. The Kier molecular flexibility index (Phi) is 9.17. The second-order valence-corrected chi connectivity index (χ2v) is 5.80. The van der Waals surface area contributed by atoms with Gasteiger partial charge in [0.2, 0.25) is 0 Å². The molecule has 0 aromatic rings. The van der Waals surface area contributed by atoms with E-state index < -0.39 is 18.5 Å². The standard InChI is InChI=1S/C17H30O6/c1-5-8-10-13(18)22-15-12(7-3)21-17(20-4)16(15)23-14(19)11-9-6-2/h12,15-17H,5-11H2,1-4H3/t12?,15-,16-,17?/m1/s1. The first-order valence-electron chi connectivity index (χ1n) is 8.64. The molecule has 0 saturated carbocycles. The van der Waals surface area contributed by atoms with Gasteiger partial charge in [-0.2, -0.15) is 0 Å². The van der Waals surface area contributed by atoms with Gasteiger partial charge in [-0.25, -0.2) is 0 Å². The van der Waals surface area contributed by atoms with Crippen molar-refractivity contribution in [2.45, 2.75) is 90.3 Å². The molecule has 1 aliphatic heterocycles. The first kappa shape index (κ1) is 19.9. The number of hydrogen-bond acceptors (Lipinski definition) is 6. The van der Waals surface area contributed by atoms with E-state index in [1.807, 2.05) is 20.8 Å². The van der Waals surface area contributed by atoms with Crippen LogP contribution >= 0.6 is 0 Å². The Morgan fingerprint density at radius 2 is 1.43 bits per heavy atom. The summed E-state index contributed by atoms with van der Waals surface area (Å²) in [6.45, 7) is 5.96. The van der Waals surface area contributed by atoms with Crippen molar-refractivity contribution in [3.05, 3.63) is 0 Å². The molecule has 4 atom stereocenters. The smallest absolute Gasteiger partial charge is 0.306 e. The molecule has 0 radical (unpaired) electrons. The molecule has 1 fully saturated rings. The Hall–Kier alpha value is -1.14. The van der Waals surface area contributed by atoms with Crippen LogP contribution in [0.2, 0.25) is 0 Å². The minimum Gasteiger partial charge on any atom is -0.455 e. The quantitative estimate of drug-likeness (QED) is 0.574. The summed E-state index contributed by atoms with van der Waals surface area (Å²) in [4.78, 5) is 23.9.